The number of benzene rings is 3. The van der Waals surface area contributed by atoms with E-state index >= 15 is 28.8 Å². The normalized spacial score (nSPS) is 25.5. The lowest BCUT2D eigenvalue weighted by Gasteiger charge is -2.33. The number of aromatic hydroxyl groups is 2. The first-order valence-electron chi connectivity index (χ1n) is 39.2. The third kappa shape index (κ3) is 27.4. The summed E-state index contributed by atoms with van der Waals surface area (Å²) in [4.78, 5) is 198. The predicted molar refractivity (Wildman–Crippen MR) is 430 cm³/mol. The molecule has 8 rings (SSSR count). The van der Waals surface area contributed by atoms with Gasteiger partial charge in [0.25, 0.3) is 0 Å². The van der Waals surface area contributed by atoms with Crippen LogP contribution < -0.4 is 58.9 Å². The van der Waals surface area contributed by atoms with E-state index in [1.165, 1.54) is 73.8 Å². The van der Waals surface area contributed by atoms with Crippen LogP contribution in [-0.2, 0) is 93.1 Å². The van der Waals surface area contributed by atoms with Gasteiger partial charge in [-0.2, -0.15) is 23.5 Å². The zero-order valence-electron chi connectivity index (χ0n) is 65.5. The second-order valence-corrected chi connectivity index (χ2v) is 33.2. The fraction of sp³-hybridized carbons (Fsp3) is 0.537. The highest BCUT2D eigenvalue weighted by molar-refractivity contribution is 7.98. The van der Waals surface area contributed by atoms with Crippen molar-refractivity contribution in [1.82, 2.24) is 63.1 Å². The van der Waals surface area contributed by atoms with Crippen LogP contribution in [0.15, 0.2) is 97.3 Å². The summed E-state index contributed by atoms with van der Waals surface area (Å²) in [7, 11) is 0. The quantitative estimate of drug-likeness (QED) is 0.0843. The molecule has 0 unspecified atom stereocenters. The van der Waals surface area contributed by atoms with Gasteiger partial charge in [0.1, 0.15) is 59.4 Å². The molecule has 2 aromatic heterocycles. The molecule has 1 aliphatic carbocycles. The van der Waals surface area contributed by atoms with Gasteiger partial charge in [0, 0.05) is 91.8 Å². The van der Waals surface area contributed by atoms with Crippen molar-refractivity contribution in [3.63, 3.8) is 0 Å². The number of amides is 11. The van der Waals surface area contributed by atoms with E-state index in [1.54, 1.807) is 64.4 Å². The fourth-order valence-corrected chi connectivity index (χ4v) is 16.3. The minimum absolute atomic E-state index is 0.000890. The minimum atomic E-state index is -1.69. The molecule has 3 aliphatic rings. The van der Waals surface area contributed by atoms with Crippen LogP contribution in [-0.4, -0.2) is 192 Å². The summed E-state index contributed by atoms with van der Waals surface area (Å²) in [5.41, 5.74) is 8.61. The van der Waals surface area contributed by atoms with Gasteiger partial charge in [0.15, 0.2) is 11.6 Å². The van der Waals surface area contributed by atoms with Crippen molar-refractivity contribution in [1.29, 1.82) is 0 Å². The molecule has 2 fully saturated rings. The Morgan fingerprint density at radius 1 is 0.570 bits per heavy atom. The number of nitrogens with two attached hydrogens (primary N) is 1. The van der Waals surface area contributed by atoms with E-state index in [0.29, 0.717) is 70.7 Å². The number of nitrogens with zero attached hydrogens (tertiary/aromatic N) is 1. The molecular formula is C82H111N13O17S2. The van der Waals surface area contributed by atoms with Gasteiger partial charge in [0.05, 0.1) is 30.2 Å². The number of carbonyl (C=O) groups excluding carboxylic acids is 13. The van der Waals surface area contributed by atoms with Crippen molar-refractivity contribution < 1.29 is 82.8 Å². The number of thioether (sulfide) groups is 2. The Labute approximate surface area is 672 Å². The molecule has 618 valence electrons. The fourth-order valence-electron chi connectivity index (χ4n) is 14.4. The summed E-state index contributed by atoms with van der Waals surface area (Å²) in [5.74, 6) is -12.7. The molecular weight excluding hydrogens is 1500 g/mol. The van der Waals surface area contributed by atoms with Gasteiger partial charge in [-0.15, -0.1) is 0 Å². The predicted octanol–water partition coefficient (Wildman–Crippen LogP) is 3.84. The third-order valence-corrected chi connectivity index (χ3v) is 23.0. The van der Waals surface area contributed by atoms with Gasteiger partial charge in [-0.25, -0.2) is 4.98 Å². The first kappa shape index (κ1) is 89.6. The maximum Gasteiger partial charge on any atom is 0.245 e. The number of aromatic nitrogens is 2. The summed E-state index contributed by atoms with van der Waals surface area (Å²) >= 11 is 2.74. The van der Waals surface area contributed by atoms with E-state index in [1.807, 2.05) is 24.3 Å². The molecule has 2 aliphatic heterocycles. The van der Waals surface area contributed by atoms with Crippen LogP contribution >= 0.6 is 23.5 Å². The van der Waals surface area contributed by atoms with Crippen LogP contribution in [0, 0.1) is 23.2 Å². The van der Waals surface area contributed by atoms with Crippen LogP contribution in [0.3, 0.4) is 0 Å². The summed E-state index contributed by atoms with van der Waals surface area (Å²) in [6.07, 6.45) is 0.691. The van der Waals surface area contributed by atoms with Crippen LogP contribution in [0.4, 0.5) is 0 Å². The molecule has 3 aromatic carbocycles. The summed E-state index contributed by atoms with van der Waals surface area (Å²) in [6.45, 7) is 9.47. The Morgan fingerprint density at radius 2 is 1.18 bits per heavy atom. The van der Waals surface area contributed by atoms with Crippen LogP contribution in [0.25, 0.3) is 11.0 Å². The summed E-state index contributed by atoms with van der Waals surface area (Å²) in [5, 5.41) is 71.6. The molecule has 114 heavy (non-hydrogen) atoms. The van der Waals surface area contributed by atoms with Crippen molar-refractivity contribution in [2.24, 2.45) is 28.9 Å². The first-order chi connectivity index (χ1) is 54.3. The lowest BCUT2D eigenvalue weighted by molar-refractivity contribution is -0.138. The van der Waals surface area contributed by atoms with Crippen molar-refractivity contribution in [3.8, 4) is 11.5 Å². The number of primary amides is 1. The number of fused-ring (bicyclic) bond motifs is 12. The zero-order chi connectivity index (χ0) is 82.8. The number of Topliss-reactive ketones (excluding diaryl/α,β-unsaturated/α-hetero) is 2. The van der Waals surface area contributed by atoms with Crippen molar-refractivity contribution >= 4 is 111 Å². The summed E-state index contributed by atoms with van der Waals surface area (Å²) < 4.78 is 0. The number of phenols is 2. The maximum atomic E-state index is 15.3. The van der Waals surface area contributed by atoms with Gasteiger partial charge in [0.2, 0.25) is 65.0 Å². The average Bonchev–Trinajstić information content (AvgIpc) is 1.20. The monoisotopic (exact) mass is 1610 g/mol. The molecule has 5 aromatic rings. The smallest absolute Gasteiger partial charge is 0.245 e. The molecule has 11 amide bonds. The number of ketones is 2. The van der Waals surface area contributed by atoms with Gasteiger partial charge in [-0.05, 0) is 141 Å². The molecule has 13 atom stereocenters. The number of aromatic amines is 1. The van der Waals surface area contributed by atoms with E-state index in [4.69, 9.17) is 5.73 Å². The average molecular weight is 1610 g/mol. The second kappa shape index (κ2) is 43.5. The summed E-state index contributed by atoms with van der Waals surface area (Å²) in [6, 6.07) is 9.67. The van der Waals surface area contributed by atoms with Gasteiger partial charge in [-0.1, -0.05) is 102 Å². The Hall–Kier alpha value is -9.92. The third-order valence-electron chi connectivity index (χ3n) is 20.8. The van der Waals surface area contributed by atoms with E-state index in [0.717, 1.165) is 17.5 Å². The molecule has 1 saturated heterocycles. The number of pyridine rings is 1. The van der Waals surface area contributed by atoms with Crippen LogP contribution in [0.1, 0.15) is 166 Å². The van der Waals surface area contributed by atoms with E-state index in [9.17, 15) is 54.0 Å². The van der Waals surface area contributed by atoms with Gasteiger partial charge < -0.3 is 84.3 Å². The highest BCUT2D eigenvalue weighted by atomic mass is 32.2. The number of phenolic OH excluding ortho intramolecular Hbond substituents is 2. The van der Waals surface area contributed by atoms with Crippen molar-refractivity contribution in [2.75, 3.05) is 18.1 Å². The number of aliphatic hydroxyl groups excluding tert-OH is 2. The zero-order valence-corrected chi connectivity index (χ0v) is 67.2. The maximum absolute atomic E-state index is 15.3. The van der Waals surface area contributed by atoms with Gasteiger partial charge in [-0.3, -0.25) is 62.3 Å². The number of rotatable bonds is 12. The molecule has 0 spiro atoms. The molecule has 30 nitrogen and oxygen atoms in total. The second-order valence-electron chi connectivity index (χ2n) is 31.1. The van der Waals surface area contributed by atoms with Crippen molar-refractivity contribution in [3.05, 3.63) is 125 Å². The molecule has 0 radical (unpaired) electrons. The first-order valence-corrected chi connectivity index (χ1v) is 41.5. The Morgan fingerprint density at radius 3 is 1.83 bits per heavy atom. The Balaban J connectivity index is 1.19. The number of carbonyl (C=O) groups is 13. The van der Waals surface area contributed by atoms with Crippen molar-refractivity contribution in [2.45, 2.75) is 235 Å². The SMILES string of the molecule is CCC[C@@H]1NC(=O)[C@H](Cc2c[nH]c3ncccc23)NC(=O)[C@@H]([C@@H](C)O)CC(=O)[C@@H]2CCCNC(=O)CCC[C@H](NC1=O)C(=O)N[C@@H](Cc1ccc(O)cc1)C(=O)N[C@@H](C1CCCCC1)C(=O)N[C@@H]([C@@H](C)O)C(=O)N[C@H](C(N)=O)CSCc1cccc(c1)CSCCC(=O)N[C@@H](C(C)(C)C)C(=O)C[C@@H](Cc1ccc(O)cc1)C(=O)N2. The number of hydrogen-bond acceptors (Lipinski definition) is 20. The van der Waals surface area contributed by atoms with Gasteiger partial charge >= 0.3 is 0 Å². The Kier molecular flexibility index (Phi) is 34.2. The number of H-pyrrole nitrogens is 1. The largest absolute Gasteiger partial charge is 0.508 e. The molecule has 4 heterocycles. The molecule has 4 bridgehead atoms. The highest BCUT2D eigenvalue weighted by Gasteiger charge is 2.42. The standard InChI is InChI=1S/C82H111N13O17S2/c1-7-15-60-76(107)89-61-21-12-23-67(102)84-33-14-22-59(65(100)41-58(46(2)96)75(106)90-63(78(109)88-60)39-54-42-86-73-57(54)20-13-34-85-73)87-74(105)53(37-48-24-28-55(98)29-25-48)40-66(101)71(82(4,5)6)93-68(103)32-35-113-43-50-16-11-17-51(36-50)44-114-45-64(72(83)104)92-80(111)69(47(3)97)94-81(112)70(52-18-9-8-10-19-52)95-79(110)62(91-77(61)108)38-49-26-30-56(99)31-27-49/h11,13,16-17,20,24-31,34,36,42,46-47,52-53,58-64,69-71,96-99H,7-10,12,14-15,18-19,21-23,32-33,35,37-41,43-45H2,1-6H3,(H2,83,104)(H,84,102)(H,85,86)(H,87,105)(H,88,109)(H,89,107)(H,90,106)(H,91,108)(H,92,111)(H,93,103)(H,94,112)(H,95,110)/t46-,47-,53-,58-,59+,60+,61+,62+,63+,64+,69+,70+,71-/m1/s1. The topological polar surface area (TPSA) is 478 Å². The molecule has 1 saturated carbocycles. The number of nitrogens with one attached hydrogen (secondary N) is 11. The minimum Gasteiger partial charge on any atom is -0.508 e. The number of hydrogen-bond donors (Lipinski definition) is 16. The van der Waals surface area contributed by atoms with E-state index < -0.39 is 179 Å². The lowest BCUT2D eigenvalue weighted by atomic mass is 9.80. The van der Waals surface area contributed by atoms with E-state index in [2.05, 4.69) is 63.1 Å². The lowest BCUT2D eigenvalue weighted by Crippen LogP contribution is -2.63. The van der Waals surface area contributed by atoms with E-state index in [-0.39, 0.29) is 94.4 Å². The van der Waals surface area contributed by atoms with Crippen LogP contribution in [0.2, 0.25) is 0 Å². The number of aliphatic hydroxyl groups is 2. The Bertz CT molecular complexity index is 4170. The molecule has 32 heteroatoms. The van der Waals surface area contributed by atoms with Crippen LogP contribution in [0.5, 0.6) is 11.5 Å². The molecule has 17 N–H and O–H groups in total. The highest BCUT2D eigenvalue weighted by Crippen LogP contribution is 2.30.